The molecule has 0 aliphatic heterocycles. The zero-order valence-corrected chi connectivity index (χ0v) is 14.5. The number of ether oxygens (including phenoxy) is 1. The summed E-state index contributed by atoms with van der Waals surface area (Å²) in [5.41, 5.74) is 0.388. The SMILES string of the molecule is CC(C)CCOc1ccc(C(=O)NC(C)(C)C)cc1Br. The van der Waals surface area contributed by atoms with Gasteiger partial charge in [0.2, 0.25) is 0 Å². The van der Waals surface area contributed by atoms with Gasteiger partial charge in [0.15, 0.2) is 0 Å². The lowest BCUT2D eigenvalue weighted by Crippen LogP contribution is -2.40. The van der Waals surface area contributed by atoms with Crippen molar-refractivity contribution in [3.05, 3.63) is 28.2 Å². The maximum absolute atomic E-state index is 12.1. The van der Waals surface area contributed by atoms with Gasteiger partial charge < -0.3 is 10.1 Å². The van der Waals surface area contributed by atoms with E-state index in [0.717, 1.165) is 16.6 Å². The van der Waals surface area contributed by atoms with E-state index in [9.17, 15) is 4.79 Å². The van der Waals surface area contributed by atoms with Crippen molar-refractivity contribution < 1.29 is 9.53 Å². The molecule has 0 atom stereocenters. The Labute approximate surface area is 130 Å². The van der Waals surface area contributed by atoms with E-state index in [0.29, 0.717) is 18.1 Å². The molecule has 1 N–H and O–H groups in total. The number of carbonyl (C=O) groups excluding carboxylic acids is 1. The van der Waals surface area contributed by atoms with E-state index in [1.807, 2.05) is 26.8 Å². The topological polar surface area (TPSA) is 38.3 Å². The molecule has 0 bridgehead atoms. The summed E-state index contributed by atoms with van der Waals surface area (Å²) >= 11 is 3.46. The molecule has 0 aliphatic carbocycles. The molecule has 112 valence electrons. The van der Waals surface area contributed by atoms with Crippen LogP contribution in [0.5, 0.6) is 5.75 Å². The fourth-order valence-electron chi connectivity index (χ4n) is 1.58. The molecule has 0 spiro atoms. The molecule has 0 saturated heterocycles. The minimum atomic E-state index is -0.240. The van der Waals surface area contributed by atoms with Crippen molar-refractivity contribution in [2.75, 3.05) is 6.61 Å². The van der Waals surface area contributed by atoms with Gasteiger partial charge in [0, 0.05) is 11.1 Å². The summed E-state index contributed by atoms with van der Waals surface area (Å²) in [4.78, 5) is 12.1. The molecule has 1 amide bonds. The number of amides is 1. The predicted molar refractivity (Wildman–Crippen MR) is 86.3 cm³/mol. The van der Waals surface area contributed by atoms with Crippen LogP contribution in [0.15, 0.2) is 22.7 Å². The van der Waals surface area contributed by atoms with Gasteiger partial charge in [0.1, 0.15) is 5.75 Å². The van der Waals surface area contributed by atoms with Crippen molar-refractivity contribution in [2.24, 2.45) is 5.92 Å². The number of hydrogen-bond acceptors (Lipinski definition) is 2. The van der Waals surface area contributed by atoms with Gasteiger partial charge >= 0.3 is 0 Å². The summed E-state index contributed by atoms with van der Waals surface area (Å²) in [6.45, 7) is 10.9. The van der Waals surface area contributed by atoms with E-state index in [2.05, 4.69) is 35.1 Å². The Morgan fingerprint density at radius 1 is 1.35 bits per heavy atom. The van der Waals surface area contributed by atoms with Gasteiger partial charge in [-0.1, -0.05) is 13.8 Å². The van der Waals surface area contributed by atoms with E-state index in [4.69, 9.17) is 4.74 Å². The Balaban J connectivity index is 2.70. The first kappa shape index (κ1) is 17.0. The van der Waals surface area contributed by atoms with Crippen molar-refractivity contribution >= 4 is 21.8 Å². The third-order valence-electron chi connectivity index (χ3n) is 2.64. The molecule has 1 aromatic carbocycles. The van der Waals surface area contributed by atoms with E-state index in [1.54, 1.807) is 12.1 Å². The Bertz CT molecular complexity index is 464. The fourth-order valence-corrected chi connectivity index (χ4v) is 2.07. The highest BCUT2D eigenvalue weighted by atomic mass is 79.9. The second kappa shape index (κ2) is 7.11. The minimum absolute atomic E-state index is 0.0769. The highest BCUT2D eigenvalue weighted by Gasteiger charge is 2.16. The Hall–Kier alpha value is -1.03. The zero-order valence-electron chi connectivity index (χ0n) is 12.9. The van der Waals surface area contributed by atoms with Gasteiger partial charge in [0.05, 0.1) is 11.1 Å². The third-order valence-corrected chi connectivity index (χ3v) is 3.26. The minimum Gasteiger partial charge on any atom is -0.492 e. The number of rotatable bonds is 5. The maximum Gasteiger partial charge on any atom is 0.251 e. The highest BCUT2D eigenvalue weighted by Crippen LogP contribution is 2.26. The molecule has 0 radical (unpaired) electrons. The first-order chi connectivity index (χ1) is 9.19. The number of carbonyl (C=O) groups is 1. The lowest BCUT2D eigenvalue weighted by molar-refractivity contribution is 0.0919. The summed E-state index contributed by atoms with van der Waals surface area (Å²) in [6.07, 6.45) is 1.01. The molecule has 1 rings (SSSR count). The quantitative estimate of drug-likeness (QED) is 0.861. The third kappa shape index (κ3) is 5.95. The molecule has 4 heteroatoms. The van der Waals surface area contributed by atoms with Gasteiger partial charge in [-0.25, -0.2) is 0 Å². The Morgan fingerprint density at radius 3 is 2.50 bits per heavy atom. The average Bonchev–Trinajstić information content (AvgIpc) is 2.28. The van der Waals surface area contributed by atoms with Crippen LogP contribution in [0, 0.1) is 5.92 Å². The number of benzene rings is 1. The molecule has 1 aromatic rings. The monoisotopic (exact) mass is 341 g/mol. The molecule has 20 heavy (non-hydrogen) atoms. The lowest BCUT2D eigenvalue weighted by atomic mass is 10.1. The summed E-state index contributed by atoms with van der Waals surface area (Å²) in [6, 6.07) is 5.42. The molecule has 0 fully saturated rings. The van der Waals surface area contributed by atoms with Crippen LogP contribution in [0.25, 0.3) is 0 Å². The number of hydrogen-bond donors (Lipinski definition) is 1. The summed E-state index contributed by atoms with van der Waals surface area (Å²) < 4.78 is 6.51. The van der Waals surface area contributed by atoms with Crippen LogP contribution in [-0.2, 0) is 0 Å². The molecule has 0 aliphatic rings. The van der Waals surface area contributed by atoms with Gasteiger partial charge in [-0.15, -0.1) is 0 Å². The van der Waals surface area contributed by atoms with Crippen LogP contribution in [-0.4, -0.2) is 18.1 Å². The second-order valence-corrected chi connectivity index (χ2v) is 7.23. The standard InChI is InChI=1S/C16H24BrNO2/c1-11(2)8-9-20-14-7-6-12(10-13(14)17)15(19)18-16(3,4)5/h6-7,10-11H,8-9H2,1-5H3,(H,18,19). The van der Waals surface area contributed by atoms with Crippen molar-refractivity contribution in [3.63, 3.8) is 0 Å². The number of nitrogens with one attached hydrogen (secondary N) is 1. The normalized spacial score (nSPS) is 11.6. The van der Waals surface area contributed by atoms with Crippen molar-refractivity contribution in [1.29, 1.82) is 0 Å². The van der Waals surface area contributed by atoms with E-state index in [-0.39, 0.29) is 11.4 Å². The van der Waals surface area contributed by atoms with Crippen molar-refractivity contribution in [1.82, 2.24) is 5.32 Å². The van der Waals surface area contributed by atoms with Crippen LogP contribution >= 0.6 is 15.9 Å². The predicted octanol–water partition coefficient (Wildman–Crippen LogP) is 4.40. The van der Waals surface area contributed by atoms with Crippen molar-refractivity contribution in [3.8, 4) is 5.75 Å². The fraction of sp³-hybridized carbons (Fsp3) is 0.562. The van der Waals surface area contributed by atoms with Crippen molar-refractivity contribution in [2.45, 2.75) is 46.6 Å². The summed E-state index contributed by atoms with van der Waals surface area (Å²) in [5.74, 6) is 1.32. The van der Waals surface area contributed by atoms with Crippen LogP contribution in [0.4, 0.5) is 0 Å². The van der Waals surface area contributed by atoms with Crippen LogP contribution in [0.2, 0.25) is 0 Å². The molecular formula is C16H24BrNO2. The largest absolute Gasteiger partial charge is 0.492 e. The van der Waals surface area contributed by atoms with Gasteiger partial charge in [0.25, 0.3) is 5.91 Å². The summed E-state index contributed by atoms with van der Waals surface area (Å²) in [5, 5.41) is 2.94. The zero-order chi connectivity index (χ0) is 15.3. The van der Waals surface area contributed by atoms with E-state index in [1.165, 1.54) is 0 Å². The molecule has 0 saturated carbocycles. The average molecular weight is 342 g/mol. The highest BCUT2D eigenvalue weighted by molar-refractivity contribution is 9.10. The van der Waals surface area contributed by atoms with Gasteiger partial charge in [-0.3, -0.25) is 4.79 Å². The first-order valence-electron chi connectivity index (χ1n) is 6.94. The molecular weight excluding hydrogens is 318 g/mol. The van der Waals surface area contributed by atoms with E-state index >= 15 is 0 Å². The number of halogens is 1. The molecule has 0 unspecified atom stereocenters. The smallest absolute Gasteiger partial charge is 0.251 e. The second-order valence-electron chi connectivity index (χ2n) is 6.38. The molecule has 0 aromatic heterocycles. The van der Waals surface area contributed by atoms with E-state index < -0.39 is 0 Å². The Morgan fingerprint density at radius 2 is 2.00 bits per heavy atom. The molecule has 3 nitrogen and oxygen atoms in total. The first-order valence-corrected chi connectivity index (χ1v) is 7.73. The van der Waals surface area contributed by atoms with Crippen LogP contribution < -0.4 is 10.1 Å². The summed E-state index contributed by atoms with van der Waals surface area (Å²) in [7, 11) is 0. The van der Waals surface area contributed by atoms with Crippen LogP contribution in [0.1, 0.15) is 51.4 Å². The lowest BCUT2D eigenvalue weighted by Gasteiger charge is -2.20. The van der Waals surface area contributed by atoms with Gasteiger partial charge in [-0.2, -0.15) is 0 Å². The Kier molecular flexibility index (Phi) is 6.06. The maximum atomic E-state index is 12.1. The van der Waals surface area contributed by atoms with Gasteiger partial charge in [-0.05, 0) is 67.2 Å². The van der Waals surface area contributed by atoms with Crippen LogP contribution in [0.3, 0.4) is 0 Å². The molecule has 0 heterocycles.